The van der Waals surface area contributed by atoms with Crippen LogP contribution in [-0.4, -0.2) is 55.7 Å². The largest absolute Gasteiger partial charge is 0.467 e. The number of nitrogens with zero attached hydrogens (tertiary/aromatic N) is 3. The summed E-state index contributed by atoms with van der Waals surface area (Å²) in [6, 6.07) is 1.68. The highest BCUT2D eigenvalue weighted by Gasteiger charge is 2.38. The van der Waals surface area contributed by atoms with Crippen LogP contribution in [0.5, 0.6) is 0 Å². The summed E-state index contributed by atoms with van der Waals surface area (Å²) >= 11 is 0. The first-order valence-corrected chi connectivity index (χ1v) is 10.6. The van der Waals surface area contributed by atoms with Crippen molar-refractivity contribution in [2.45, 2.75) is 70.7 Å². The maximum absolute atomic E-state index is 12.3. The number of furan rings is 1. The molecule has 1 saturated heterocycles. The van der Waals surface area contributed by atoms with Crippen LogP contribution < -0.4 is 5.32 Å². The molecule has 1 fully saturated rings. The smallest absolute Gasteiger partial charge is 0.407 e. The molecule has 2 heterocycles. The first-order chi connectivity index (χ1) is 15.6. The fraction of sp³-hybridized carbons (Fsp3) is 0.714. The molecule has 1 aromatic rings. The van der Waals surface area contributed by atoms with Crippen molar-refractivity contribution in [3.63, 3.8) is 0 Å². The standard InChI is InChI=1S/C21H32N4O8/c1-12-8-14(31-16(12)18(26)29-4)10-23-20(28)33-21(2,3)7-6-13-9-15(11-24-25-22)32-17(13)19(27)30-5/h9,12,14,16,19,27H,6-8,10-11H2,1-5H3,(H,23,28)/t12-,14-,16+,19?/m1/s1. The van der Waals surface area contributed by atoms with Crippen molar-refractivity contribution in [2.24, 2.45) is 11.0 Å². The summed E-state index contributed by atoms with van der Waals surface area (Å²) in [5, 5.41) is 16.2. The minimum Gasteiger partial charge on any atom is -0.467 e. The van der Waals surface area contributed by atoms with E-state index in [1.165, 1.54) is 14.2 Å². The Morgan fingerprint density at radius 2 is 2.15 bits per heavy atom. The van der Waals surface area contributed by atoms with E-state index in [9.17, 15) is 14.7 Å². The highest BCUT2D eigenvalue weighted by Crippen LogP contribution is 2.28. The van der Waals surface area contributed by atoms with Crippen molar-refractivity contribution in [1.82, 2.24) is 5.32 Å². The first kappa shape index (κ1) is 26.5. The topological polar surface area (TPSA) is 165 Å². The van der Waals surface area contributed by atoms with E-state index < -0.39 is 30.1 Å². The number of rotatable bonds is 11. The predicted molar refractivity (Wildman–Crippen MR) is 115 cm³/mol. The number of aliphatic hydroxyl groups excluding tert-OH is 1. The number of aliphatic hydroxyl groups is 1. The molecule has 1 aliphatic heterocycles. The number of methoxy groups -OCH3 is 2. The van der Waals surface area contributed by atoms with Crippen LogP contribution in [0.15, 0.2) is 15.6 Å². The minimum absolute atomic E-state index is 0.000916. The van der Waals surface area contributed by atoms with Crippen LogP contribution in [-0.2, 0) is 36.7 Å². The zero-order valence-electron chi connectivity index (χ0n) is 19.6. The molecule has 2 N–H and O–H groups in total. The van der Waals surface area contributed by atoms with Gasteiger partial charge in [-0.05, 0) is 56.2 Å². The third-order valence-electron chi connectivity index (χ3n) is 5.39. The number of amides is 1. The van der Waals surface area contributed by atoms with Gasteiger partial charge in [-0.3, -0.25) is 0 Å². The Bertz CT molecular complexity index is 864. The lowest BCUT2D eigenvalue weighted by Gasteiger charge is -2.25. The van der Waals surface area contributed by atoms with Crippen molar-refractivity contribution in [3.05, 3.63) is 33.6 Å². The Balaban J connectivity index is 1.88. The quantitative estimate of drug-likeness (QED) is 0.164. The second-order valence-corrected chi connectivity index (χ2v) is 8.52. The molecule has 0 spiro atoms. The molecule has 1 aromatic heterocycles. The maximum atomic E-state index is 12.3. The molecule has 0 bridgehead atoms. The van der Waals surface area contributed by atoms with Gasteiger partial charge >= 0.3 is 12.1 Å². The van der Waals surface area contributed by atoms with Crippen LogP contribution in [0.3, 0.4) is 0 Å². The minimum atomic E-state index is -1.27. The third-order valence-corrected chi connectivity index (χ3v) is 5.39. The molecular formula is C21H32N4O8. The number of ether oxygens (including phenoxy) is 4. The highest BCUT2D eigenvalue weighted by molar-refractivity contribution is 5.75. The van der Waals surface area contributed by atoms with Crippen molar-refractivity contribution in [1.29, 1.82) is 0 Å². The van der Waals surface area contributed by atoms with E-state index in [0.717, 1.165) is 0 Å². The monoisotopic (exact) mass is 468 g/mol. The molecule has 12 heteroatoms. The van der Waals surface area contributed by atoms with E-state index in [0.29, 0.717) is 30.6 Å². The second-order valence-electron chi connectivity index (χ2n) is 8.52. The lowest BCUT2D eigenvalue weighted by atomic mass is 9.98. The Kier molecular flexibility index (Phi) is 9.54. The third kappa shape index (κ3) is 7.64. The van der Waals surface area contributed by atoms with Gasteiger partial charge in [0.1, 0.15) is 11.4 Å². The molecular weight excluding hydrogens is 436 g/mol. The Morgan fingerprint density at radius 1 is 1.42 bits per heavy atom. The predicted octanol–water partition coefficient (Wildman–Crippen LogP) is 3.13. The van der Waals surface area contributed by atoms with Gasteiger partial charge in [0.2, 0.25) is 6.29 Å². The maximum Gasteiger partial charge on any atom is 0.407 e. The fourth-order valence-electron chi connectivity index (χ4n) is 3.63. The van der Waals surface area contributed by atoms with Gasteiger partial charge in [0.05, 0.1) is 19.8 Å². The van der Waals surface area contributed by atoms with Crippen molar-refractivity contribution < 1.29 is 38.1 Å². The summed E-state index contributed by atoms with van der Waals surface area (Å²) in [4.78, 5) is 26.7. The van der Waals surface area contributed by atoms with Crippen molar-refractivity contribution in [3.8, 4) is 0 Å². The van der Waals surface area contributed by atoms with Gasteiger partial charge in [-0.15, -0.1) is 0 Å². The number of hydrogen-bond donors (Lipinski definition) is 2. The van der Waals surface area contributed by atoms with E-state index in [-0.39, 0.29) is 30.9 Å². The van der Waals surface area contributed by atoms with E-state index in [1.807, 2.05) is 6.92 Å². The SMILES string of the molecule is COC(=O)[C@H]1O[C@@H](CNC(=O)OC(C)(C)CCc2cc(CN=[N+]=[N-])oc2C(O)OC)C[C@H]1C. The van der Waals surface area contributed by atoms with Crippen LogP contribution >= 0.6 is 0 Å². The van der Waals surface area contributed by atoms with Gasteiger partial charge in [0.15, 0.2) is 11.9 Å². The van der Waals surface area contributed by atoms with Crippen molar-refractivity contribution in [2.75, 3.05) is 20.8 Å². The van der Waals surface area contributed by atoms with E-state index in [1.54, 1.807) is 19.9 Å². The molecule has 184 valence electrons. The number of carbonyl (C=O) groups excluding carboxylic acids is 2. The van der Waals surface area contributed by atoms with Crippen LogP contribution in [0, 0.1) is 5.92 Å². The number of hydrogen-bond acceptors (Lipinski definition) is 9. The van der Waals surface area contributed by atoms with Crippen LogP contribution in [0.2, 0.25) is 0 Å². The number of aryl methyl sites for hydroxylation is 1. The zero-order valence-corrected chi connectivity index (χ0v) is 19.6. The number of nitrogens with one attached hydrogen (secondary N) is 1. The molecule has 1 unspecified atom stereocenters. The summed E-state index contributed by atoms with van der Waals surface area (Å²) in [5.74, 6) is 0.176. The molecule has 12 nitrogen and oxygen atoms in total. The van der Waals surface area contributed by atoms with E-state index in [2.05, 4.69) is 15.3 Å². The molecule has 0 aromatic carbocycles. The van der Waals surface area contributed by atoms with Crippen LogP contribution in [0.1, 0.15) is 57.0 Å². The van der Waals surface area contributed by atoms with Crippen LogP contribution in [0.25, 0.3) is 10.4 Å². The lowest BCUT2D eigenvalue weighted by molar-refractivity contribution is -0.154. The molecule has 0 radical (unpaired) electrons. The fourth-order valence-corrected chi connectivity index (χ4v) is 3.63. The summed E-state index contributed by atoms with van der Waals surface area (Å²) < 4.78 is 26.4. The van der Waals surface area contributed by atoms with Gasteiger partial charge in [-0.1, -0.05) is 12.0 Å². The summed E-state index contributed by atoms with van der Waals surface area (Å²) in [7, 11) is 2.65. The lowest BCUT2D eigenvalue weighted by Crippen LogP contribution is -2.38. The molecule has 1 aliphatic rings. The first-order valence-electron chi connectivity index (χ1n) is 10.6. The molecule has 2 rings (SSSR count). The van der Waals surface area contributed by atoms with E-state index in [4.69, 9.17) is 28.9 Å². The molecule has 1 amide bonds. The normalized spacial score (nSPS) is 21.2. The number of esters is 1. The van der Waals surface area contributed by atoms with Gasteiger partial charge < -0.3 is 33.8 Å². The number of azide groups is 1. The summed E-state index contributed by atoms with van der Waals surface area (Å²) in [6.45, 7) is 5.64. The van der Waals surface area contributed by atoms with Crippen molar-refractivity contribution >= 4 is 12.1 Å². The molecule has 33 heavy (non-hydrogen) atoms. The molecule has 0 saturated carbocycles. The Labute approximate surface area is 192 Å². The highest BCUT2D eigenvalue weighted by atomic mass is 16.6. The summed E-state index contributed by atoms with van der Waals surface area (Å²) in [6.07, 6.45) is -1.36. The average Bonchev–Trinajstić information content (AvgIpc) is 3.36. The average molecular weight is 469 g/mol. The van der Waals surface area contributed by atoms with Gasteiger partial charge in [-0.2, -0.15) is 0 Å². The van der Waals surface area contributed by atoms with Crippen LogP contribution in [0.4, 0.5) is 4.79 Å². The van der Waals surface area contributed by atoms with Gasteiger partial charge in [0.25, 0.3) is 0 Å². The summed E-state index contributed by atoms with van der Waals surface area (Å²) in [5.41, 5.74) is 8.31. The number of alkyl carbamates (subject to hydrolysis) is 1. The Hall–Kier alpha value is -2.79. The number of carbonyl (C=O) groups is 2. The Morgan fingerprint density at radius 3 is 2.79 bits per heavy atom. The molecule has 4 atom stereocenters. The van der Waals surface area contributed by atoms with E-state index >= 15 is 0 Å². The van der Waals surface area contributed by atoms with Gasteiger partial charge in [-0.25, -0.2) is 9.59 Å². The zero-order chi connectivity index (χ0) is 24.6. The molecule has 0 aliphatic carbocycles. The van der Waals surface area contributed by atoms with Gasteiger partial charge in [0, 0.05) is 18.6 Å². The second kappa shape index (κ2) is 11.9.